The van der Waals surface area contributed by atoms with Crippen LogP contribution >= 0.6 is 0 Å². The molecule has 2 fully saturated rings. The summed E-state index contributed by atoms with van der Waals surface area (Å²) in [5, 5.41) is 3.17. The van der Waals surface area contributed by atoms with Crippen molar-refractivity contribution in [3.05, 3.63) is 29.8 Å². The molecule has 1 aliphatic carbocycles. The van der Waals surface area contributed by atoms with Gasteiger partial charge in [-0.1, -0.05) is 37.0 Å². The molecule has 0 spiro atoms. The van der Waals surface area contributed by atoms with Crippen molar-refractivity contribution >= 4 is 15.9 Å². The molecular formula is C19H28N2O3S. The van der Waals surface area contributed by atoms with Crippen molar-refractivity contribution in [1.29, 1.82) is 0 Å². The number of amides is 1. The monoisotopic (exact) mass is 364 g/mol. The highest BCUT2D eigenvalue weighted by molar-refractivity contribution is 7.89. The first-order valence-corrected chi connectivity index (χ1v) is 10.8. The third-order valence-corrected chi connectivity index (χ3v) is 7.35. The quantitative estimate of drug-likeness (QED) is 0.893. The molecular weight excluding hydrogens is 336 g/mol. The van der Waals surface area contributed by atoms with Crippen LogP contribution in [0.4, 0.5) is 0 Å². The normalized spacial score (nSPS) is 21.2. The maximum Gasteiger partial charge on any atom is 0.243 e. The number of hydrogen-bond acceptors (Lipinski definition) is 3. The van der Waals surface area contributed by atoms with Crippen LogP contribution in [0.5, 0.6) is 0 Å². The van der Waals surface area contributed by atoms with Gasteiger partial charge in [0.05, 0.1) is 4.90 Å². The number of aryl methyl sites for hydroxylation is 1. The third-order valence-electron chi connectivity index (χ3n) is 5.44. The first-order valence-electron chi connectivity index (χ1n) is 9.34. The Bertz CT molecular complexity index is 686. The standard InChI is InChI=1S/C19H28N2O3S/c1-15-7-9-18(10-8-15)25(23,24)21-13-11-16(12-14-21)19(22)20-17-5-3-2-4-6-17/h7-10,16-17H,2-6,11-14H2,1H3,(H,20,22). The molecule has 1 saturated heterocycles. The van der Waals surface area contributed by atoms with Crippen molar-refractivity contribution in [3.8, 4) is 0 Å². The van der Waals surface area contributed by atoms with E-state index in [-0.39, 0.29) is 11.8 Å². The van der Waals surface area contributed by atoms with Crippen molar-refractivity contribution in [3.63, 3.8) is 0 Å². The van der Waals surface area contributed by atoms with Crippen molar-refractivity contribution in [2.75, 3.05) is 13.1 Å². The van der Waals surface area contributed by atoms with E-state index in [1.807, 2.05) is 19.1 Å². The average molecular weight is 365 g/mol. The van der Waals surface area contributed by atoms with Gasteiger partial charge in [0, 0.05) is 25.0 Å². The summed E-state index contributed by atoms with van der Waals surface area (Å²) in [6, 6.07) is 7.27. The molecule has 5 nitrogen and oxygen atoms in total. The SMILES string of the molecule is Cc1ccc(S(=O)(=O)N2CCC(C(=O)NC3CCCCC3)CC2)cc1. The first kappa shape index (κ1) is 18.4. The van der Waals surface area contributed by atoms with E-state index in [0.29, 0.717) is 36.9 Å². The van der Waals surface area contributed by atoms with E-state index in [2.05, 4.69) is 5.32 Å². The molecule has 138 valence electrons. The van der Waals surface area contributed by atoms with Crippen LogP contribution in [0, 0.1) is 12.8 Å². The van der Waals surface area contributed by atoms with Crippen LogP contribution < -0.4 is 5.32 Å². The lowest BCUT2D eigenvalue weighted by atomic mass is 9.93. The molecule has 0 aromatic heterocycles. The Labute approximate surface area is 150 Å². The summed E-state index contributed by atoms with van der Waals surface area (Å²) in [4.78, 5) is 12.8. The molecule has 3 rings (SSSR count). The average Bonchev–Trinajstić information content (AvgIpc) is 2.63. The van der Waals surface area contributed by atoms with Crippen LogP contribution in [-0.4, -0.2) is 37.8 Å². The maximum atomic E-state index is 12.7. The molecule has 1 N–H and O–H groups in total. The second-order valence-electron chi connectivity index (χ2n) is 7.33. The smallest absolute Gasteiger partial charge is 0.243 e. The molecule has 0 atom stereocenters. The fourth-order valence-corrected chi connectivity index (χ4v) is 5.25. The Morgan fingerprint density at radius 3 is 2.20 bits per heavy atom. The van der Waals surface area contributed by atoms with E-state index in [1.165, 1.54) is 23.6 Å². The van der Waals surface area contributed by atoms with Crippen molar-refractivity contribution in [2.45, 2.75) is 62.8 Å². The second kappa shape index (κ2) is 7.87. The van der Waals surface area contributed by atoms with E-state index >= 15 is 0 Å². The number of nitrogens with zero attached hydrogens (tertiary/aromatic N) is 1. The van der Waals surface area contributed by atoms with Gasteiger partial charge in [0.2, 0.25) is 15.9 Å². The molecule has 1 aromatic rings. The van der Waals surface area contributed by atoms with E-state index in [9.17, 15) is 13.2 Å². The highest BCUT2D eigenvalue weighted by atomic mass is 32.2. The minimum atomic E-state index is -3.45. The number of benzene rings is 1. The predicted octanol–water partition coefficient (Wildman–Crippen LogP) is 2.84. The van der Waals surface area contributed by atoms with Crippen molar-refractivity contribution in [1.82, 2.24) is 9.62 Å². The van der Waals surface area contributed by atoms with Crippen LogP contribution in [0.15, 0.2) is 29.2 Å². The van der Waals surface area contributed by atoms with Crippen molar-refractivity contribution < 1.29 is 13.2 Å². The third kappa shape index (κ3) is 4.42. The molecule has 0 unspecified atom stereocenters. The van der Waals surface area contributed by atoms with Gasteiger partial charge in [-0.25, -0.2) is 8.42 Å². The fourth-order valence-electron chi connectivity index (χ4n) is 3.78. The lowest BCUT2D eigenvalue weighted by Gasteiger charge is -2.32. The number of hydrogen-bond donors (Lipinski definition) is 1. The van der Waals surface area contributed by atoms with Crippen LogP contribution in [0.1, 0.15) is 50.5 Å². The molecule has 25 heavy (non-hydrogen) atoms. The summed E-state index contributed by atoms with van der Waals surface area (Å²) in [6.45, 7) is 2.77. The summed E-state index contributed by atoms with van der Waals surface area (Å²) in [6.07, 6.45) is 7.00. The van der Waals surface area contributed by atoms with Gasteiger partial charge in [-0.2, -0.15) is 4.31 Å². The lowest BCUT2D eigenvalue weighted by molar-refractivity contribution is -0.127. The molecule has 1 aromatic carbocycles. The van der Waals surface area contributed by atoms with Crippen LogP contribution in [0.3, 0.4) is 0 Å². The predicted molar refractivity (Wildman–Crippen MR) is 97.7 cm³/mol. The van der Waals surface area contributed by atoms with Crippen molar-refractivity contribution in [2.24, 2.45) is 5.92 Å². The van der Waals surface area contributed by atoms with E-state index in [0.717, 1.165) is 18.4 Å². The number of rotatable bonds is 4. The fraction of sp³-hybridized carbons (Fsp3) is 0.632. The zero-order chi connectivity index (χ0) is 17.9. The van der Waals surface area contributed by atoms with Gasteiger partial charge < -0.3 is 5.32 Å². The Balaban J connectivity index is 1.55. The Morgan fingerprint density at radius 2 is 1.60 bits per heavy atom. The number of carbonyl (C=O) groups excluding carboxylic acids is 1. The summed E-state index contributed by atoms with van der Waals surface area (Å²) < 4.78 is 27.0. The van der Waals surface area contributed by atoms with Gasteiger partial charge >= 0.3 is 0 Å². The van der Waals surface area contributed by atoms with Crippen LogP contribution in [0.25, 0.3) is 0 Å². The van der Waals surface area contributed by atoms with Gasteiger partial charge in [-0.3, -0.25) is 4.79 Å². The van der Waals surface area contributed by atoms with E-state index < -0.39 is 10.0 Å². The molecule has 2 aliphatic rings. The summed E-state index contributed by atoms with van der Waals surface area (Å²) in [5.41, 5.74) is 1.04. The topological polar surface area (TPSA) is 66.5 Å². The Morgan fingerprint density at radius 1 is 1.00 bits per heavy atom. The number of nitrogens with one attached hydrogen (secondary N) is 1. The zero-order valence-corrected chi connectivity index (χ0v) is 15.7. The van der Waals surface area contributed by atoms with Gasteiger partial charge in [-0.15, -0.1) is 0 Å². The first-order chi connectivity index (χ1) is 12.0. The molecule has 0 bridgehead atoms. The van der Waals surface area contributed by atoms with Crippen LogP contribution in [-0.2, 0) is 14.8 Å². The second-order valence-corrected chi connectivity index (χ2v) is 9.27. The Kier molecular flexibility index (Phi) is 5.79. The Hall–Kier alpha value is -1.40. The van der Waals surface area contributed by atoms with E-state index in [1.54, 1.807) is 12.1 Å². The molecule has 1 heterocycles. The minimum absolute atomic E-state index is 0.0635. The molecule has 1 amide bonds. The summed E-state index contributed by atoms with van der Waals surface area (Å²) >= 11 is 0. The van der Waals surface area contributed by atoms with Gasteiger partial charge in [0.25, 0.3) is 0 Å². The summed E-state index contributed by atoms with van der Waals surface area (Å²) in [5.74, 6) is 0.0469. The number of sulfonamides is 1. The number of carbonyl (C=O) groups is 1. The minimum Gasteiger partial charge on any atom is -0.353 e. The molecule has 1 saturated carbocycles. The highest BCUT2D eigenvalue weighted by Crippen LogP contribution is 2.25. The van der Waals surface area contributed by atoms with E-state index in [4.69, 9.17) is 0 Å². The summed E-state index contributed by atoms with van der Waals surface area (Å²) in [7, 11) is -3.45. The molecule has 6 heteroatoms. The largest absolute Gasteiger partial charge is 0.353 e. The molecule has 1 aliphatic heterocycles. The zero-order valence-electron chi connectivity index (χ0n) is 14.9. The number of piperidine rings is 1. The van der Waals surface area contributed by atoms with Gasteiger partial charge in [0.1, 0.15) is 0 Å². The van der Waals surface area contributed by atoms with Gasteiger partial charge in [0.15, 0.2) is 0 Å². The molecule has 0 radical (unpaired) electrons. The van der Waals surface area contributed by atoms with Crippen LogP contribution in [0.2, 0.25) is 0 Å². The van der Waals surface area contributed by atoms with Gasteiger partial charge in [-0.05, 0) is 44.7 Å². The highest BCUT2D eigenvalue weighted by Gasteiger charge is 2.32. The lowest BCUT2D eigenvalue weighted by Crippen LogP contribution is -2.45. The maximum absolute atomic E-state index is 12.7.